The van der Waals surface area contributed by atoms with Crippen LogP contribution in [0, 0.1) is 0 Å². The number of ether oxygens (including phenoxy) is 1. The summed E-state index contributed by atoms with van der Waals surface area (Å²) in [7, 11) is 3.42. The highest BCUT2D eigenvalue weighted by molar-refractivity contribution is 7.11. The molecule has 0 fully saturated rings. The molecule has 7 nitrogen and oxygen atoms in total. The van der Waals surface area contributed by atoms with Gasteiger partial charge < -0.3 is 25.1 Å². The van der Waals surface area contributed by atoms with Crippen molar-refractivity contribution >= 4 is 45.9 Å². The highest BCUT2D eigenvalue weighted by Crippen LogP contribution is 2.39. The molecule has 25 heavy (non-hydrogen) atoms. The van der Waals surface area contributed by atoms with Crippen LogP contribution in [0.5, 0.6) is 5.75 Å². The predicted octanol–water partition coefficient (Wildman–Crippen LogP) is 3.32. The van der Waals surface area contributed by atoms with Gasteiger partial charge in [0, 0.05) is 29.9 Å². The van der Waals surface area contributed by atoms with Gasteiger partial charge >= 0.3 is 0 Å². The summed E-state index contributed by atoms with van der Waals surface area (Å²) in [5.41, 5.74) is 8.52. The van der Waals surface area contributed by atoms with Gasteiger partial charge in [-0.15, -0.1) is 11.3 Å². The Kier molecular flexibility index (Phi) is 3.70. The second-order valence-corrected chi connectivity index (χ2v) is 6.59. The molecule has 1 atom stereocenters. The first-order valence-electron chi connectivity index (χ1n) is 7.58. The third-order valence-corrected chi connectivity index (χ3v) is 5.18. The Morgan fingerprint density at radius 3 is 3.12 bits per heavy atom. The van der Waals surface area contributed by atoms with Crippen LogP contribution < -0.4 is 15.8 Å². The average molecular weight is 356 g/mol. The Bertz CT molecular complexity index is 991. The summed E-state index contributed by atoms with van der Waals surface area (Å²) >= 11 is 1.43. The van der Waals surface area contributed by atoms with Crippen molar-refractivity contribution in [1.29, 1.82) is 0 Å². The van der Waals surface area contributed by atoms with E-state index < -0.39 is 0 Å². The number of amides is 1. The van der Waals surface area contributed by atoms with E-state index in [9.17, 15) is 4.79 Å². The highest BCUT2D eigenvalue weighted by atomic mass is 32.1. The first-order valence-corrected chi connectivity index (χ1v) is 8.46. The summed E-state index contributed by atoms with van der Waals surface area (Å²) in [6.45, 7) is 0. The van der Waals surface area contributed by atoms with Crippen LogP contribution in [0.4, 0.5) is 11.4 Å². The summed E-state index contributed by atoms with van der Waals surface area (Å²) in [6.07, 6.45) is 2.92. The number of thiophene rings is 1. The molecule has 4 rings (SSSR count). The Morgan fingerprint density at radius 2 is 2.32 bits per heavy atom. The standard InChI is InChI=1S/C17H16N4O3S/c1-21-8-19-14-11(7-25-15(14)16(21)18)17(22)20-12-5-9(23-2)6-13-10(12)3-4-24-13/h3-8,16H,18H2,1-2H3,(H,20,22). The largest absolute Gasteiger partial charge is 0.497 e. The first-order chi connectivity index (χ1) is 12.1. The van der Waals surface area contributed by atoms with Gasteiger partial charge in [-0.1, -0.05) is 0 Å². The van der Waals surface area contributed by atoms with Gasteiger partial charge in [-0.2, -0.15) is 0 Å². The monoisotopic (exact) mass is 356 g/mol. The number of nitrogens with one attached hydrogen (secondary N) is 1. The minimum atomic E-state index is -0.295. The van der Waals surface area contributed by atoms with Gasteiger partial charge in [-0.3, -0.25) is 4.79 Å². The van der Waals surface area contributed by atoms with E-state index in [1.165, 1.54) is 11.3 Å². The zero-order chi connectivity index (χ0) is 17.6. The van der Waals surface area contributed by atoms with Gasteiger partial charge in [0.05, 0.1) is 41.5 Å². The van der Waals surface area contributed by atoms with Gasteiger partial charge in [0.2, 0.25) is 0 Å². The lowest BCUT2D eigenvalue weighted by Crippen LogP contribution is -2.31. The van der Waals surface area contributed by atoms with Crippen molar-refractivity contribution in [3.05, 3.63) is 40.3 Å². The summed E-state index contributed by atoms with van der Waals surface area (Å²) in [6, 6.07) is 5.34. The lowest BCUT2D eigenvalue weighted by Gasteiger charge is -2.25. The fourth-order valence-electron chi connectivity index (χ4n) is 2.73. The molecular formula is C17H16N4O3S. The number of anilines is 1. The molecule has 0 saturated heterocycles. The molecule has 1 aromatic carbocycles. The van der Waals surface area contributed by atoms with E-state index in [-0.39, 0.29) is 12.1 Å². The number of hydrogen-bond donors (Lipinski definition) is 2. The number of fused-ring (bicyclic) bond motifs is 2. The highest BCUT2D eigenvalue weighted by Gasteiger charge is 2.26. The second-order valence-electron chi connectivity index (χ2n) is 5.68. The molecule has 1 aliphatic rings. The number of carbonyl (C=O) groups is 1. The van der Waals surface area contributed by atoms with E-state index in [1.807, 2.05) is 7.05 Å². The zero-order valence-electron chi connectivity index (χ0n) is 13.6. The number of methoxy groups -OCH3 is 1. The molecule has 3 aromatic rings. The molecule has 0 spiro atoms. The van der Waals surface area contributed by atoms with Gasteiger partial charge in [-0.25, -0.2) is 4.99 Å². The minimum absolute atomic E-state index is 0.248. The van der Waals surface area contributed by atoms with E-state index >= 15 is 0 Å². The Labute approximate surface area is 147 Å². The molecule has 1 aliphatic heterocycles. The topological polar surface area (TPSA) is 93.1 Å². The molecule has 3 N–H and O–H groups in total. The smallest absolute Gasteiger partial charge is 0.258 e. The van der Waals surface area contributed by atoms with Crippen molar-refractivity contribution < 1.29 is 13.9 Å². The maximum atomic E-state index is 12.8. The number of hydrogen-bond acceptors (Lipinski definition) is 7. The van der Waals surface area contributed by atoms with E-state index in [0.717, 1.165) is 10.3 Å². The molecule has 0 bridgehead atoms. The van der Waals surface area contributed by atoms with E-state index in [4.69, 9.17) is 14.9 Å². The predicted molar refractivity (Wildman–Crippen MR) is 97.9 cm³/mol. The van der Waals surface area contributed by atoms with Crippen LogP contribution in [0.3, 0.4) is 0 Å². The molecule has 2 aromatic heterocycles. The van der Waals surface area contributed by atoms with Crippen LogP contribution >= 0.6 is 11.3 Å². The third-order valence-electron chi connectivity index (χ3n) is 4.14. The van der Waals surface area contributed by atoms with E-state index in [2.05, 4.69) is 10.3 Å². The molecule has 1 amide bonds. The Morgan fingerprint density at radius 1 is 1.48 bits per heavy atom. The fourth-order valence-corrected chi connectivity index (χ4v) is 3.78. The van der Waals surface area contributed by atoms with Crippen LogP contribution in [-0.2, 0) is 0 Å². The average Bonchev–Trinajstić information content (AvgIpc) is 3.24. The lowest BCUT2D eigenvalue weighted by molar-refractivity contribution is 0.102. The quantitative estimate of drug-likeness (QED) is 0.751. The fraction of sp³-hybridized carbons (Fsp3) is 0.176. The summed E-state index contributed by atoms with van der Waals surface area (Å²) in [5, 5.41) is 5.51. The molecule has 1 unspecified atom stereocenters. The first kappa shape index (κ1) is 15.7. The number of nitrogens with two attached hydrogens (primary N) is 1. The van der Waals surface area contributed by atoms with Crippen molar-refractivity contribution in [1.82, 2.24) is 4.90 Å². The van der Waals surface area contributed by atoms with Crippen molar-refractivity contribution in [3.8, 4) is 5.75 Å². The van der Waals surface area contributed by atoms with Gasteiger partial charge in [0.15, 0.2) is 0 Å². The number of furan rings is 1. The van der Waals surface area contributed by atoms with Gasteiger partial charge in [-0.05, 0) is 6.07 Å². The number of aliphatic imine (C=N–C) groups is 1. The van der Waals surface area contributed by atoms with Crippen molar-refractivity contribution in [2.24, 2.45) is 10.7 Å². The van der Waals surface area contributed by atoms with E-state index in [0.29, 0.717) is 28.3 Å². The lowest BCUT2D eigenvalue weighted by atomic mass is 10.1. The molecule has 0 saturated carbocycles. The zero-order valence-corrected chi connectivity index (χ0v) is 14.5. The maximum Gasteiger partial charge on any atom is 0.258 e. The maximum absolute atomic E-state index is 12.8. The number of rotatable bonds is 3. The minimum Gasteiger partial charge on any atom is -0.497 e. The van der Waals surface area contributed by atoms with Crippen molar-refractivity contribution in [2.45, 2.75) is 6.17 Å². The molecular weight excluding hydrogens is 340 g/mol. The van der Waals surface area contributed by atoms with Crippen LogP contribution in [0.15, 0.2) is 39.3 Å². The Hall–Kier alpha value is -2.84. The molecule has 8 heteroatoms. The number of benzene rings is 1. The summed E-state index contributed by atoms with van der Waals surface area (Å²) < 4.78 is 10.7. The summed E-state index contributed by atoms with van der Waals surface area (Å²) in [5.74, 6) is 0.355. The van der Waals surface area contributed by atoms with Crippen molar-refractivity contribution in [3.63, 3.8) is 0 Å². The number of nitrogens with zero attached hydrogens (tertiary/aromatic N) is 2. The van der Waals surface area contributed by atoms with Crippen molar-refractivity contribution in [2.75, 3.05) is 19.5 Å². The van der Waals surface area contributed by atoms with Crippen LogP contribution in [0.25, 0.3) is 11.0 Å². The normalized spacial score (nSPS) is 16.1. The van der Waals surface area contributed by atoms with E-state index in [1.54, 1.807) is 48.2 Å². The van der Waals surface area contributed by atoms with Crippen LogP contribution in [0.1, 0.15) is 21.4 Å². The van der Waals surface area contributed by atoms with Gasteiger partial charge in [0.25, 0.3) is 5.91 Å². The van der Waals surface area contributed by atoms with Crippen LogP contribution in [0.2, 0.25) is 0 Å². The third kappa shape index (κ3) is 2.55. The van der Waals surface area contributed by atoms with Gasteiger partial charge in [0.1, 0.15) is 17.5 Å². The molecule has 0 radical (unpaired) electrons. The molecule has 0 aliphatic carbocycles. The number of carbonyl (C=O) groups excluding carboxylic acids is 1. The van der Waals surface area contributed by atoms with Crippen LogP contribution in [-0.4, -0.2) is 31.3 Å². The molecule has 128 valence electrons. The second kappa shape index (κ2) is 5.91. The molecule has 3 heterocycles. The summed E-state index contributed by atoms with van der Waals surface area (Å²) in [4.78, 5) is 19.8. The SMILES string of the molecule is COc1cc(NC(=O)c2csc3c2N=CN(C)C3N)c2ccoc2c1. The Balaban J connectivity index is 1.70.